The number of hydrogen-bond acceptors (Lipinski definition) is 4. The van der Waals surface area contributed by atoms with E-state index < -0.39 is 17.9 Å². The molecule has 2 heterocycles. The van der Waals surface area contributed by atoms with Gasteiger partial charge in [-0.2, -0.15) is 5.10 Å². The molecule has 2 rings (SSSR count). The van der Waals surface area contributed by atoms with Crippen LogP contribution in [0.5, 0.6) is 0 Å². The molecule has 0 aromatic carbocycles. The average Bonchev–Trinajstić information content (AvgIpc) is 2.73. The Morgan fingerprint density at radius 1 is 1.50 bits per heavy atom. The quantitative estimate of drug-likeness (QED) is 0.762. The highest BCUT2D eigenvalue weighted by molar-refractivity contribution is 5.88. The monoisotopic (exact) mass is 280 g/mol. The Balaban J connectivity index is 1.99. The highest BCUT2D eigenvalue weighted by Gasteiger charge is 2.15. The van der Waals surface area contributed by atoms with Gasteiger partial charge in [-0.3, -0.25) is 9.88 Å². The lowest BCUT2D eigenvalue weighted by Gasteiger charge is -2.13. The molecule has 8 nitrogen and oxygen atoms in total. The maximum Gasteiger partial charge on any atom is 0.343 e. The fraction of sp³-hybridized carbons (Fsp3) is 0.273. The smallest absolute Gasteiger partial charge is 0.328 e. The Labute approximate surface area is 113 Å². The van der Waals surface area contributed by atoms with E-state index in [2.05, 4.69) is 25.8 Å². The third-order valence-corrected chi connectivity index (χ3v) is 2.62. The zero-order valence-corrected chi connectivity index (χ0v) is 10.8. The summed E-state index contributed by atoms with van der Waals surface area (Å²) in [5.74, 6) is 0.111. The van der Waals surface area contributed by atoms with Gasteiger partial charge in [0.15, 0.2) is 5.82 Å². The van der Waals surface area contributed by atoms with Crippen LogP contribution >= 0.6 is 0 Å². The van der Waals surface area contributed by atoms with Crippen molar-refractivity contribution in [2.24, 2.45) is 7.05 Å². The standard InChI is InChI=1S/C11H13FN6O2/c1-6(9-16-17-11(20)18(9)2)14-10(19)15-8-4-3-7(12)5-13-8/h3-6H,1-2H3,(H,17,20)(H2,13,14,15,19). The third kappa shape index (κ3) is 2.99. The van der Waals surface area contributed by atoms with Gasteiger partial charge in [-0.25, -0.2) is 24.1 Å². The van der Waals surface area contributed by atoms with Gasteiger partial charge in [0.2, 0.25) is 0 Å². The number of hydrogen-bond donors (Lipinski definition) is 3. The number of rotatable bonds is 3. The van der Waals surface area contributed by atoms with Crippen molar-refractivity contribution in [1.82, 2.24) is 25.1 Å². The summed E-state index contributed by atoms with van der Waals surface area (Å²) in [7, 11) is 1.54. The van der Waals surface area contributed by atoms with Crippen molar-refractivity contribution in [2.45, 2.75) is 13.0 Å². The highest BCUT2D eigenvalue weighted by atomic mass is 19.1. The van der Waals surface area contributed by atoms with E-state index in [0.29, 0.717) is 5.82 Å². The van der Waals surface area contributed by atoms with E-state index in [1.165, 1.54) is 16.7 Å². The fourth-order valence-electron chi connectivity index (χ4n) is 1.61. The fourth-order valence-corrected chi connectivity index (χ4v) is 1.61. The summed E-state index contributed by atoms with van der Waals surface area (Å²) in [6.45, 7) is 1.67. The van der Waals surface area contributed by atoms with Crippen molar-refractivity contribution in [2.75, 3.05) is 5.32 Å². The molecule has 0 aliphatic carbocycles. The lowest BCUT2D eigenvalue weighted by molar-refractivity contribution is 0.248. The second kappa shape index (κ2) is 5.51. The molecule has 9 heteroatoms. The third-order valence-electron chi connectivity index (χ3n) is 2.62. The minimum Gasteiger partial charge on any atom is -0.328 e. The molecule has 2 aromatic heterocycles. The first-order valence-corrected chi connectivity index (χ1v) is 5.77. The second-order valence-corrected chi connectivity index (χ2v) is 4.13. The number of carbonyl (C=O) groups is 1. The predicted molar refractivity (Wildman–Crippen MR) is 68.6 cm³/mol. The molecule has 2 aromatic rings. The number of carbonyl (C=O) groups excluding carboxylic acids is 1. The summed E-state index contributed by atoms with van der Waals surface area (Å²) in [5.41, 5.74) is -0.366. The van der Waals surface area contributed by atoms with Gasteiger partial charge in [-0.15, -0.1) is 0 Å². The predicted octanol–water partition coefficient (Wildman–Crippen LogP) is 0.525. The van der Waals surface area contributed by atoms with Gasteiger partial charge in [0.1, 0.15) is 11.6 Å². The molecule has 1 atom stereocenters. The van der Waals surface area contributed by atoms with Crippen LogP contribution in [0.15, 0.2) is 23.1 Å². The van der Waals surface area contributed by atoms with Crippen LogP contribution in [-0.2, 0) is 7.05 Å². The van der Waals surface area contributed by atoms with Crippen LogP contribution in [-0.4, -0.2) is 25.8 Å². The maximum absolute atomic E-state index is 12.7. The summed E-state index contributed by atoms with van der Waals surface area (Å²) in [6.07, 6.45) is 0.996. The normalized spacial score (nSPS) is 11.9. The number of nitrogens with zero attached hydrogens (tertiary/aromatic N) is 3. The molecule has 0 aliphatic rings. The zero-order valence-electron chi connectivity index (χ0n) is 10.8. The maximum atomic E-state index is 12.7. The number of urea groups is 1. The van der Waals surface area contributed by atoms with Crippen LogP contribution < -0.4 is 16.3 Å². The Hall–Kier alpha value is -2.71. The lowest BCUT2D eigenvalue weighted by atomic mass is 10.3. The van der Waals surface area contributed by atoms with Crippen LogP contribution in [0.4, 0.5) is 15.0 Å². The molecule has 3 N–H and O–H groups in total. The van der Waals surface area contributed by atoms with Crippen molar-refractivity contribution in [1.29, 1.82) is 0 Å². The number of nitrogens with one attached hydrogen (secondary N) is 3. The number of anilines is 1. The average molecular weight is 280 g/mol. The molecule has 0 spiro atoms. The van der Waals surface area contributed by atoms with E-state index in [4.69, 9.17) is 0 Å². The van der Waals surface area contributed by atoms with Gasteiger partial charge in [0.25, 0.3) is 0 Å². The summed E-state index contributed by atoms with van der Waals surface area (Å²) in [4.78, 5) is 26.6. The van der Waals surface area contributed by atoms with Gasteiger partial charge in [0.05, 0.1) is 12.2 Å². The van der Waals surface area contributed by atoms with Gasteiger partial charge >= 0.3 is 11.7 Å². The van der Waals surface area contributed by atoms with Crippen LogP contribution in [0.3, 0.4) is 0 Å². The molecule has 0 saturated carbocycles. The number of halogens is 1. The molecule has 2 amide bonds. The number of H-pyrrole nitrogens is 1. The molecule has 0 bridgehead atoms. The zero-order chi connectivity index (χ0) is 14.7. The number of aromatic amines is 1. The minimum atomic E-state index is -0.535. The van der Waals surface area contributed by atoms with E-state index in [-0.39, 0.29) is 11.5 Å². The second-order valence-electron chi connectivity index (χ2n) is 4.13. The SMILES string of the molecule is CC(NC(=O)Nc1ccc(F)cn1)c1n[nH]c(=O)n1C. The number of amides is 2. The molecule has 0 radical (unpaired) electrons. The van der Waals surface area contributed by atoms with E-state index in [9.17, 15) is 14.0 Å². The summed E-state index contributed by atoms with van der Waals surface area (Å²) < 4.78 is 14.0. The summed E-state index contributed by atoms with van der Waals surface area (Å²) >= 11 is 0. The molecule has 0 fully saturated rings. The molecular weight excluding hydrogens is 267 g/mol. The minimum absolute atomic E-state index is 0.215. The largest absolute Gasteiger partial charge is 0.343 e. The van der Waals surface area contributed by atoms with Crippen LogP contribution in [0.25, 0.3) is 0 Å². The Bertz CT molecular complexity index is 662. The van der Waals surface area contributed by atoms with E-state index in [1.807, 2.05) is 0 Å². The number of aromatic nitrogens is 4. The molecule has 20 heavy (non-hydrogen) atoms. The Kier molecular flexibility index (Phi) is 3.78. The molecule has 0 saturated heterocycles. The molecule has 1 unspecified atom stereocenters. The Morgan fingerprint density at radius 2 is 2.25 bits per heavy atom. The van der Waals surface area contributed by atoms with Crippen LogP contribution in [0.2, 0.25) is 0 Å². The van der Waals surface area contributed by atoms with Gasteiger partial charge in [-0.1, -0.05) is 0 Å². The lowest BCUT2D eigenvalue weighted by Crippen LogP contribution is -2.33. The number of pyridine rings is 1. The van der Waals surface area contributed by atoms with Crippen LogP contribution in [0.1, 0.15) is 18.8 Å². The highest BCUT2D eigenvalue weighted by Crippen LogP contribution is 2.07. The van der Waals surface area contributed by atoms with Crippen LogP contribution in [0, 0.1) is 5.82 Å². The molecule has 106 valence electrons. The first-order valence-electron chi connectivity index (χ1n) is 5.77. The summed E-state index contributed by atoms with van der Waals surface area (Å²) in [5, 5.41) is 11.1. The van der Waals surface area contributed by atoms with Crippen molar-refractivity contribution in [3.05, 3.63) is 40.5 Å². The van der Waals surface area contributed by atoms with E-state index >= 15 is 0 Å². The van der Waals surface area contributed by atoms with E-state index in [0.717, 1.165) is 6.20 Å². The van der Waals surface area contributed by atoms with E-state index in [1.54, 1.807) is 14.0 Å². The van der Waals surface area contributed by atoms with Crippen molar-refractivity contribution in [3.8, 4) is 0 Å². The van der Waals surface area contributed by atoms with Crippen molar-refractivity contribution >= 4 is 11.8 Å². The van der Waals surface area contributed by atoms with Gasteiger partial charge in [0, 0.05) is 7.05 Å². The van der Waals surface area contributed by atoms with Crippen molar-refractivity contribution < 1.29 is 9.18 Å². The molecular formula is C11H13FN6O2. The first-order chi connectivity index (χ1) is 9.47. The first kappa shape index (κ1) is 13.7. The Morgan fingerprint density at radius 3 is 2.80 bits per heavy atom. The topological polar surface area (TPSA) is 105 Å². The van der Waals surface area contributed by atoms with Gasteiger partial charge < -0.3 is 5.32 Å². The van der Waals surface area contributed by atoms with Crippen molar-refractivity contribution in [3.63, 3.8) is 0 Å². The molecule has 0 aliphatic heterocycles. The van der Waals surface area contributed by atoms with Gasteiger partial charge in [-0.05, 0) is 19.1 Å². The summed E-state index contributed by atoms with van der Waals surface area (Å²) in [6, 6.07) is 1.50.